The lowest BCUT2D eigenvalue weighted by molar-refractivity contribution is -0.114. The summed E-state index contributed by atoms with van der Waals surface area (Å²) in [5.74, 6) is -0.513. The molecule has 1 amide bonds. The number of hydrogen-bond acceptors (Lipinski definition) is 4. The summed E-state index contributed by atoms with van der Waals surface area (Å²) >= 11 is 3.33. The summed E-state index contributed by atoms with van der Waals surface area (Å²) in [5, 5.41) is 2.69. The van der Waals surface area contributed by atoms with Gasteiger partial charge in [0.25, 0.3) is 10.0 Å². The van der Waals surface area contributed by atoms with Gasteiger partial charge in [0.15, 0.2) is 0 Å². The topological polar surface area (TPSA) is 75.7 Å². The smallest absolute Gasteiger partial charge is 0.264 e. The van der Waals surface area contributed by atoms with Crippen LogP contribution in [0.25, 0.3) is 0 Å². The second kappa shape index (κ2) is 9.93. The molecule has 3 rings (SSSR count). The van der Waals surface area contributed by atoms with E-state index in [1.807, 2.05) is 6.92 Å². The van der Waals surface area contributed by atoms with Gasteiger partial charge in [-0.25, -0.2) is 12.8 Å². The van der Waals surface area contributed by atoms with Crippen molar-refractivity contribution in [2.24, 2.45) is 0 Å². The molecule has 0 spiro atoms. The lowest BCUT2D eigenvalue weighted by atomic mass is 10.3. The number of carbonyl (C=O) groups is 1. The van der Waals surface area contributed by atoms with Crippen LogP contribution in [0.15, 0.2) is 82.2 Å². The maximum absolute atomic E-state index is 13.3. The van der Waals surface area contributed by atoms with Crippen molar-refractivity contribution in [1.82, 2.24) is 0 Å². The van der Waals surface area contributed by atoms with Crippen molar-refractivity contribution in [2.45, 2.75) is 11.8 Å². The van der Waals surface area contributed by atoms with Crippen molar-refractivity contribution < 1.29 is 22.3 Å². The number of sulfonamides is 1. The van der Waals surface area contributed by atoms with E-state index >= 15 is 0 Å². The zero-order chi connectivity index (χ0) is 22.4. The van der Waals surface area contributed by atoms with Gasteiger partial charge in [0.05, 0.1) is 17.2 Å². The van der Waals surface area contributed by atoms with Crippen LogP contribution in [-0.2, 0) is 14.8 Å². The molecule has 0 saturated carbocycles. The minimum atomic E-state index is -4.14. The molecule has 1 N–H and O–H groups in total. The van der Waals surface area contributed by atoms with Crippen molar-refractivity contribution in [1.29, 1.82) is 0 Å². The third-order valence-corrected chi connectivity index (χ3v) is 6.51. The quantitative estimate of drug-likeness (QED) is 0.475. The molecule has 6 nitrogen and oxygen atoms in total. The number of hydrogen-bond donors (Lipinski definition) is 1. The summed E-state index contributed by atoms with van der Waals surface area (Å²) in [6, 6.07) is 17.8. The first kappa shape index (κ1) is 22.8. The van der Waals surface area contributed by atoms with Crippen LogP contribution < -0.4 is 14.4 Å². The molecule has 0 aliphatic heterocycles. The molecule has 9 heteroatoms. The maximum Gasteiger partial charge on any atom is 0.264 e. The van der Waals surface area contributed by atoms with Gasteiger partial charge in [0.2, 0.25) is 5.91 Å². The Kier molecular flexibility index (Phi) is 7.29. The highest BCUT2D eigenvalue weighted by atomic mass is 79.9. The van der Waals surface area contributed by atoms with E-state index < -0.39 is 28.3 Å². The van der Waals surface area contributed by atoms with E-state index in [4.69, 9.17) is 4.74 Å². The Morgan fingerprint density at radius 2 is 1.74 bits per heavy atom. The van der Waals surface area contributed by atoms with Gasteiger partial charge in [-0.2, -0.15) is 0 Å². The summed E-state index contributed by atoms with van der Waals surface area (Å²) in [6.45, 7) is 1.83. The first-order valence-electron chi connectivity index (χ1n) is 9.36. The summed E-state index contributed by atoms with van der Waals surface area (Å²) in [6.07, 6.45) is 0. The predicted molar refractivity (Wildman–Crippen MR) is 121 cm³/mol. The fraction of sp³-hybridized carbons (Fsp3) is 0.136. The molecule has 0 radical (unpaired) electrons. The number of ether oxygens (including phenoxy) is 1. The van der Waals surface area contributed by atoms with Crippen molar-refractivity contribution in [3.8, 4) is 5.75 Å². The zero-order valence-electron chi connectivity index (χ0n) is 16.6. The van der Waals surface area contributed by atoms with Crippen LogP contribution in [0, 0.1) is 5.82 Å². The number of anilines is 2. The minimum absolute atomic E-state index is 0.127. The molecule has 162 valence electrons. The molecule has 0 heterocycles. The highest BCUT2D eigenvalue weighted by Crippen LogP contribution is 2.26. The number of carbonyl (C=O) groups excluding carboxylic acids is 1. The number of nitrogens with one attached hydrogen (secondary N) is 1. The Labute approximate surface area is 188 Å². The standard InChI is InChI=1S/C22H20BrFN2O4S/c1-2-30-20-10-8-19(9-11-20)26(31(28,29)21-12-6-17(24)7-13-21)15-22(27)25-18-5-3-4-16(23)14-18/h3-14H,2,15H2,1H3,(H,25,27). The molecule has 0 bridgehead atoms. The number of benzene rings is 3. The van der Waals surface area contributed by atoms with Crippen molar-refractivity contribution in [3.05, 3.63) is 83.1 Å². The van der Waals surface area contributed by atoms with Crippen LogP contribution in [0.2, 0.25) is 0 Å². The zero-order valence-corrected chi connectivity index (χ0v) is 19.0. The lowest BCUT2D eigenvalue weighted by Crippen LogP contribution is -2.38. The third-order valence-electron chi connectivity index (χ3n) is 4.23. The molecular weight excluding hydrogens is 487 g/mol. The van der Waals surface area contributed by atoms with E-state index in [0.29, 0.717) is 18.0 Å². The fourth-order valence-electron chi connectivity index (χ4n) is 2.82. The summed E-state index contributed by atoms with van der Waals surface area (Å²) < 4.78 is 47.0. The van der Waals surface area contributed by atoms with Crippen molar-refractivity contribution in [3.63, 3.8) is 0 Å². The number of nitrogens with zero attached hydrogens (tertiary/aromatic N) is 1. The summed E-state index contributed by atoms with van der Waals surface area (Å²) in [7, 11) is -4.14. The molecule has 0 aromatic heterocycles. The van der Waals surface area contributed by atoms with Crippen LogP contribution in [0.3, 0.4) is 0 Å². The molecule has 0 fully saturated rings. The average Bonchev–Trinajstić information content (AvgIpc) is 2.73. The Morgan fingerprint density at radius 3 is 2.35 bits per heavy atom. The van der Waals surface area contributed by atoms with Crippen LogP contribution in [0.4, 0.5) is 15.8 Å². The molecule has 0 atom stereocenters. The van der Waals surface area contributed by atoms with E-state index in [0.717, 1.165) is 20.9 Å². The average molecular weight is 507 g/mol. The predicted octanol–water partition coefficient (Wildman–Crippen LogP) is 4.82. The van der Waals surface area contributed by atoms with Gasteiger partial charge in [-0.3, -0.25) is 9.10 Å². The SMILES string of the molecule is CCOc1ccc(N(CC(=O)Nc2cccc(Br)c2)S(=O)(=O)c2ccc(F)cc2)cc1. The van der Waals surface area contributed by atoms with Gasteiger partial charge in [-0.15, -0.1) is 0 Å². The molecule has 3 aromatic carbocycles. The van der Waals surface area contributed by atoms with Crippen LogP contribution >= 0.6 is 15.9 Å². The Hall–Kier alpha value is -2.91. The van der Waals surface area contributed by atoms with Gasteiger partial charge in [0.1, 0.15) is 18.1 Å². The Bertz CT molecular complexity index is 1150. The summed E-state index contributed by atoms with van der Waals surface area (Å²) in [5.41, 5.74) is 0.794. The second-order valence-corrected chi connectivity index (χ2v) is 9.23. The normalized spacial score (nSPS) is 11.1. The van der Waals surface area contributed by atoms with Gasteiger partial charge >= 0.3 is 0 Å². The van der Waals surface area contributed by atoms with Gasteiger partial charge < -0.3 is 10.1 Å². The van der Waals surface area contributed by atoms with E-state index in [2.05, 4.69) is 21.2 Å². The number of amides is 1. The maximum atomic E-state index is 13.3. The molecule has 0 unspecified atom stereocenters. The van der Waals surface area contributed by atoms with E-state index in [9.17, 15) is 17.6 Å². The molecule has 0 aliphatic rings. The molecule has 0 aliphatic carbocycles. The highest BCUT2D eigenvalue weighted by molar-refractivity contribution is 9.10. The van der Waals surface area contributed by atoms with E-state index in [-0.39, 0.29) is 10.6 Å². The number of halogens is 2. The second-order valence-electron chi connectivity index (χ2n) is 6.45. The van der Waals surface area contributed by atoms with Crippen molar-refractivity contribution in [2.75, 3.05) is 22.8 Å². The van der Waals surface area contributed by atoms with Crippen LogP contribution in [-0.4, -0.2) is 27.5 Å². The molecule has 3 aromatic rings. The lowest BCUT2D eigenvalue weighted by Gasteiger charge is -2.24. The number of rotatable bonds is 8. The Balaban J connectivity index is 1.93. The molecular formula is C22H20BrFN2O4S. The van der Waals surface area contributed by atoms with E-state index in [1.54, 1.807) is 48.5 Å². The van der Waals surface area contributed by atoms with Gasteiger partial charge in [-0.1, -0.05) is 22.0 Å². The largest absolute Gasteiger partial charge is 0.494 e. The third kappa shape index (κ3) is 5.83. The first-order valence-corrected chi connectivity index (χ1v) is 11.6. The van der Waals surface area contributed by atoms with Crippen LogP contribution in [0.1, 0.15) is 6.92 Å². The first-order chi connectivity index (χ1) is 14.8. The Morgan fingerprint density at radius 1 is 1.06 bits per heavy atom. The monoisotopic (exact) mass is 506 g/mol. The molecule has 0 saturated heterocycles. The molecule has 31 heavy (non-hydrogen) atoms. The van der Waals surface area contributed by atoms with Gasteiger partial charge in [0, 0.05) is 10.2 Å². The van der Waals surface area contributed by atoms with Gasteiger partial charge in [-0.05, 0) is 73.7 Å². The van der Waals surface area contributed by atoms with E-state index in [1.165, 1.54) is 12.1 Å². The van der Waals surface area contributed by atoms with Crippen molar-refractivity contribution >= 4 is 43.2 Å². The summed E-state index contributed by atoms with van der Waals surface area (Å²) in [4.78, 5) is 12.6. The fourth-order valence-corrected chi connectivity index (χ4v) is 4.64. The minimum Gasteiger partial charge on any atom is -0.494 e. The van der Waals surface area contributed by atoms with Crippen LogP contribution in [0.5, 0.6) is 5.75 Å². The highest BCUT2D eigenvalue weighted by Gasteiger charge is 2.27.